The highest BCUT2D eigenvalue weighted by Crippen LogP contribution is 2.24. The quantitative estimate of drug-likeness (QED) is 0.722. The van der Waals surface area contributed by atoms with E-state index in [1.165, 1.54) is 16.7 Å². The summed E-state index contributed by atoms with van der Waals surface area (Å²) in [5.74, 6) is 0.635. The molecule has 1 aliphatic carbocycles. The van der Waals surface area contributed by atoms with Gasteiger partial charge in [-0.1, -0.05) is 32.0 Å². The minimum absolute atomic E-state index is 0.382. The molecule has 14 heavy (non-hydrogen) atoms. The van der Waals surface area contributed by atoms with Gasteiger partial charge in [0.1, 0.15) is 0 Å². The number of nitrogens with two attached hydrogens (primary N) is 1. The SMILES string of the molecule is CC(C)c1ccc2c(c1)CCC(N)C2. The first-order valence-electron chi connectivity index (χ1n) is 5.54. The fourth-order valence-corrected chi connectivity index (χ4v) is 2.16. The lowest BCUT2D eigenvalue weighted by Gasteiger charge is -2.22. The third-order valence-corrected chi connectivity index (χ3v) is 3.16. The van der Waals surface area contributed by atoms with Gasteiger partial charge in [0.2, 0.25) is 0 Å². The molecule has 1 aliphatic rings. The fraction of sp³-hybridized carbons (Fsp3) is 0.538. The summed E-state index contributed by atoms with van der Waals surface area (Å²) in [7, 11) is 0. The summed E-state index contributed by atoms with van der Waals surface area (Å²) in [5, 5.41) is 0. The second kappa shape index (κ2) is 3.74. The summed E-state index contributed by atoms with van der Waals surface area (Å²) in [6.45, 7) is 4.49. The summed E-state index contributed by atoms with van der Waals surface area (Å²) in [4.78, 5) is 0. The second-order valence-corrected chi connectivity index (χ2v) is 4.69. The zero-order chi connectivity index (χ0) is 10.1. The van der Waals surface area contributed by atoms with Crippen LogP contribution in [0.3, 0.4) is 0 Å². The van der Waals surface area contributed by atoms with Crippen LogP contribution < -0.4 is 5.73 Å². The summed E-state index contributed by atoms with van der Waals surface area (Å²) in [5.41, 5.74) is 10.4. The van der Waals surface area contributed by atoms with Crippen molar-refractivity contribution in [1.82, 2.24) is 0 Å². The first kappa shape index (κ1) is 9.72. The van der Waals surface area contributed by atoms with E-state index >= 15 is 0 Å². The Hall–Kier alpha value is -0.820. The van der Waals surface area contributed by atoms with Gasteiger partial charge in [0.05, 0.1) is 0 Å². The lowest BCUT2D eigenvalue weighted by molar-refractivity contribution is 0.575. The van der Waals surface area contributed by atoms with Crippen molar-refractivity contribution in [1.29, 1.82) is 0 Å². The number of rotatable bonds is 1. The molecule has 0 spiro atoms. The molecule has 0 aliphatic heterocycles. The molecule has 2 N–H and O–H groups in total. The number of benzene rings is 1. The Morgan fingerprint density at radius 1 is 1.29 bits per heavy atom. The van der Waals surface area contributed by atoms with Gasteiger partial charge in [-0.25, -0.2) is 0 Å². The molecule has 0 amide bonds. The molecular weight excluding hydrogens is 170 g/mol. The lowest BCUT2D eigenvalue weighted by Crippen LogP contribution is -2.27. The zero-order valence-electron chi connectivity index (χ0n) is 9.09. The Morgan fingerprint density at radius 2 is 2.07 bits per heavy atom. The van der Waals surface area contributed by atoms with Crippen LogP contribution in [0.2, 0.25) is 0 Å². The van der Waals surface area contributed by atoms with E-state index in [-0.39, 0.29) is 0 Å². The average molecular weight is 189 g/mol. The molecule has 2 rings (SSSR count). The molecule has 0 aromatic heterocycles. The van der Waals surface area contributed by atoms with Crippen molar-refractivity contribution >= 4 is 0 Å². The first-order chi connectivity index (χ1) is 6.66. The maximum absolute atomic E-state index is 5.95. The van der Waals surface area contributed by atoms with Gasteiger partial charge in [-0.15, -0.1) is 0 Å². The fourth-order valence-electron chi connectivity index (χ4n) is 2.16. The maximum atomic E-state index is 5.95. The highest BCUT2D eigenvalue weighted by atomic mass is 14.6. The van der Waals surface area contributed by atoms with Crippen LogP contribution in [-0.4, -0.2) is 6.04 Å². The molecule has 0 saturated heterocycles. The zero-order valence-corrected chi connectivity index (χ0v) is 9.09. The van der Waals surface area contributed by atoms with Crippen molar-refractivity contribution in [2.75, 3.05) is 0 Å². The van der Waals surface area contributed by atoms with Gasteiger partial charge in [0.25, 0.3) is 0 Å². The molecule has 1 nitrogen and oxygen atoms in total. The monoisotopic (exact) mass is 189 g/mol. The Balaban J connectivity index is 2.31. The van der Waals surface area contributed by atoms with E-state index < -0.39 is 0 Å². The Bertz CT molecular complexity index is 328. The molecule has 76 valence electrons. The molecule has 0 heterocycles. The largest absolute Gasteiger partial charge is 0.327 e. The minimum Gasteiger partial charge on any atom is -0.327 e. The predicted octanol–water partition coefficient (Wildman–Crippen LogP) is 2.63. The second-order valence-electron chi connectivity index (χ2n) is 4.69. The van der Waals surface area contributed by atoms with Gasteiger partial charge in [-0.05, 0) is 41.9 Å². The highest BCUT2D eigenvalue weighted by molar-refractivity contribution is 5.35. The van der Waals surface area contributed by atoms with E-state index in [1.54, 1.807) is 0 Å². The van der Waals surface area contributed by atoms with E-state index in [0.717, 1.165) is 19.3 Å². The van der Waals surface area contributed by atoms with Gasteiger partial charge in [0, 0.05) is 6.04 Å². The summed E-state index contributed by atoms with van der Waals surface area (Å²) in [6.07, 6.45) is 3.37. The van der Waals surface area contributed by atoms with E-state index in [9.17, 15) is 0 Å². The molecular formula is C13H19N. The molecule has 1 atom stereocenters. The van der Waals surface area contributed by atoms with Crippen LogP contribution in [0.4, 0.5) is 0 Å². The third-order valence-electron chi connectivity index (χ3n) is 3.16. The summed E-state index contributed by atoms with van der Waals surface area (Å²) in [6, 6.07) is 7.27. The summed E-state index contributed by atoms with van der Waals surface area (Å²) >= 11 is 0. The smallest absolute Gasteiger partial charge is 0.00825 e. The van der Waals surface area contributed by atoms with E-state index in [4.69, 9.17) is 5.73 Å². The van der Waals surface area contributed by atoms with Gasteiger partial charge < -0.3 is 5.73 Å². The Morgan fingerprint density at radius 3 is 2.79 bits per heavy atom. The standard InChI is InChI=1S/C13H19N/c1-9(2)10-3-4-12-8-13(14)6-5-11(12)7-10/h3-4,7,9,13H,5-6,8,14H2,1-2H3. The third kappa shape index (κ3) is 1.83. The van der Waals surface area contributed by atoms with Crippen LogP contribution >= 0.6 is 0 Å². The molecule has 0 radical (unpaired) electrons. The number of hydrogen-bond acceptors (Lipinski definition) is 1. The van der Waals surface area contributed by atoms with Gasteiger partial charge in [-0.2, -0.15) is 0 Å². The van der Waals surface area contributed by atoms with Crippen LogP contribution in [0.15, 0.2) is 18.2 Å². The minimum atomic E-state index is 0.382. The lowest BCUT2D eigenvalue weighted by atomic mass is 9.86. The van der Waals surface area contributed by atoms with Crippen LogP contribution in [0.25, 0.3) is 0 Å². The average Bonchev–Trinajstić information content (AvgIpc) is 2.16. The molecule has 0 saturated carbocycles. The van der Waals surface area contributed by atoms with Crippen LogP contribution in [-0.2, 0) is 12.8 Å². The van der Waals surface area contributed by atoms with Crippen molar-refractivity contribution in [3.63, 3.8) is 0 Å². The van der Waals surface area contributed by atoms with Crippen LogP contribution in [0, 0.1) is 0 Å². The first-order valence-corrected chi connectivity index (χ1v) is 5.54. The molecule has 0 bridgehead atoms. The van der Waals surface area contributed by atoms with Gasteiger partial charge in [0.15, 0.2) is 0 Å². The van der Waals surface area contributed by atoms with Crippen molar-refractivity contribution in [2.24, 2.45) is 5.73 Å². The van der Waals surface area contributed by atoms with E-state index in [2.05, 4.69) is 32.0 Å². The molecule has 1 heteroatoms. The molecule has 0 fully saturated rings. The number of aryl methyl sites for hydroxylation is 1. The van der Waals surface area contributed by atoms with Crippen molar-refractivity contribution in [3.8, 4) is 0 Å². The normalized spacial score (nSPS) is 21.0. The number of hydrogen-bond donors (Lipinski definition) is 1. The van der Waals surface area contributed by atoms with E-state index in [1.807, 2.05) is 0 Å². The number of fused-ring (bicyclic) bond motifs is 1. The topological polar surface area (TPSA) is 26.0 Å². The molecule has 1 unspecified atom stereocenters. The van der Waals surface area contributed by atoms with Crippen molar-refractivity contribution < 1.29 is 0 Å². The van der Waals surface area contributed by atoms with Crippen LogP contribution in [0.1, 0.15) is 42.9 Å². The van der Waals surface area contributed by atoms with Gasteiger partial charge in [-0.3, -0.25) is 0 Å². The van der Waals surface area contributed by atoms with Gasteiger partial charge >= 0.3 is 0 Å². The predicted molar refractivity (Wildman–Crippen MR) is 60.5 cm³/mol. The maximum Gasteiger partial charge on any atom is 0.00825 e. The Kier molecular flexibility index (Phi) is 2.60. The van der Waals surface area contributed by atoms with Crippen LogP contribution in [0.5, 0.6) is 0 Å². The van der Waals surface area contributed by atoms with Crippen molar-refractivity contribution in [3.05, 3.63) is 34.9 Å². The highest BCUT2D eigenvalue weighted by Gasteiger charge is 2.15. The van der Waals surface area contributed by atoms with Crippen molar-refractivity contribution in [2.45, 2.75) is 45.1 Å². The Labute approximate surface area is 86.3 Å². The molecule has 1 aromatic rings. The molecule has 1 aromatic carbocycles. The summed E-state index contributed by atoms with van der Waals surface area (Å²) < 4.78 is 0. The van der Waals surface area contributed by atoms with E-state index in [0.29, 0.717) is 12.0 Å².